The van der Waals surface area contributed by atoms with E-state index in [1.807, 2.05) is 0 Å². The number of benzene rings is 1. The van der Waals surface area contributed by atoms with E-state index in [0.29, 0.717) is 17.8 Å². The number of hydrogen-bond acceptors (Lipinski definition) is 7. The summed E-state index contributed by atoms with van der Waals surface area (Å²) in [6.07, 6.45) is -5.82. The van der Waals surface area contributed by atoms with Crippen molar-refractivity contribution in [3.05, 3.63) is 46.6 Å². The number of nitrogens with one attached hydrogen (secondary N) is 1. The van der Waals surface area contributed by atoms with Crippen LogP contribution in [-0.4, -0.2) is 59.8 Å². The largest absolute Gasteiger partial charge is 0.508 e. The van der Waals surface area contributed by atoms with Crippen molar-refractivity contribution in [1.82, 2.24) is 14.0 Å². The van der Waals surface area contributed by atoms with Crippen LogP contribution < -0.4 is 9.46 Å². The standard InChI is InChI=1S/C21H25ClF3N3O7S/c1-13(2)34-9-7-27-36(32,33)28(20(30)31)8-3-4-14-5-6-16(29)11-18(14)35-19-17(22)10-15(12-26-19)21(23,24)25/h5-6,10-13,27,29H,3-4,7-9H2,1-2H3,(H,30,31). The summed E-state index contributed by atoms with van der Waals surface area (Å²) in [6, 6.07) is 4.56. The van der Waals surface area contributed by atoms with Crippen molar-refractivity contribution in [1.29, 1.82) is 0 Å². The van der Waals surface area contributed by atoms with Crippen molar-refractivity contribution in [2.24, 2.45) is 0 Å². The number of amides is 1. The average Bonchev–Trinajstić information content (AvgIpc) is 2.75. The molecule has 1 heterocycles. The van der Waals surface area contributed by atoms with Gasteiger partial charge in [0.15, 0.2) is 0 Å². The van der Waals surface area contributed by atoms with Crippen molar-refractivity contribution in [2.75, 3.05) is 19.7 Å². The van der Waals surface area contributed by atoms with Crippen LogP contribution in [0.2, 0.25) is 5.02 Å². The maximum atomic E-state index is 12.8. The first-order valence-corrected chi connectivity index (χ1v) is 12.4. The zero-order chi connectivity index (χ0) is 27.1. The fourth-order valence-corrected chi connectivity index (χ4v) is 4.16. The molecule has 0 aliphatic heterocycles. The third kappa shape index (κ3) is 8.69. The van der Waals surface area contributed by atoms with Crippen LogP contribution in [0, 0.1) is 0 Å². The van der Waals surface area contributed by atoms with Crippen LogP contribution in [0.15, 0.2) is 30.5 Å². The lowest BCUT2D eigenvalue weighted by Crippen LogP contribution is -2.45. The Morgan fingerprint density at radius 2 is 1.97 bits per heavy atom. The molecule has 3 N–H and O–H groups in total. The van der Waals surface area contributed by atoms with Gasteiger partial charge in [-0.2, -0.15) is 30.6 Å². The number of carbonyl (C=O) groups is 1. The zero-order valence-electron chi connectivity index (χ0n) is 19.2. The molecular formula is C21H25ClF3N3O7S. The molecule has 0 atom stereocenters. The molecule has 0 aliphatic rings. The van der Waals surface area contributed by atoms with Crippen molar-refractivity contribution < 1.29 is 46.1 Å². The van der Waals surface area contributed by atoms with Gasteiger partial charge in [0.05, 0.1) is 18.3 Å². The van der Waals surface area contributed by atoms with Gasteiger partial charge in [-0.25, -0.2) is 9.78 Å². The number of rotatable bonds is 12. The van der Waals surface area contributed by atoms with Gasteiger partial charge in [-0.05, 0) is 44.4 Å². The van der Waals surface area contributed by atoms with Gasteiger partial charge in [0, 0.05) is 25.4 Å². The maximum absolute atomic E-state index is 12.8. The van der Waals surface area contributed by atoms with Gasteiger partial charge in [-0.15, -0.1) is 0 Å². The number of phenolic OH excluding ortho intramolecular Hbond substituents is 1. The molecule has 2 rings (SSSR count). The van der Waals surface area contributed by atoms with Gasteiger partial charge >= 0.3 is 22.5 Å². The Balaban J connectivity index is 2.10. The Kier molecular flexibility index (Phi) is 10.2. The van der Waals surface area contributed by atoms with Crippen LogP contribution in [0.5, 0.6) is 17.4 Å². The average molecular weight is 556 g/mol. The first-order chi connectivity index (χ1) is 16.7. The van der Waals surface area contributed by atoms with Crippen molar-refractivity contribution in [3.8, 4) is 17.4 Å². The number of phenols is 1. The summed E-state index contributed by atoms with van der Waals surface area (Å²) in [5, 5.41) is 18.7. The lowest BCUT2D eigenvalue weighted by atomic mass is 10.1. The quantitative estimate of drug-likeness (QED) is 0.327. The predicted molar refractivity (Wildman–Crippen MR) is 123 cm³/mol. The van der Waals surface area contributed by atoms with Gasteiger partial charge in [-0.1, -0.05) is 17.7 Å². The van der Waals surface area contributed by atoms with Gasteiger partial charge in [0.1, 0.15) is 16.5 Å². The van der Waals surface area contributed by atoms with Gasteiger partial charge < -0.3 is 19.7 Å². The lowest BCUT2D eigenvalue weighted by Gasteiger charge is -2.20. The Hall–Kier alpha value is -2.81. The second-order valence-corrected chi connectivity index (χ2v) is 9.77. The summed E-state index contributed by atoms with van der Waals surface area (Å²) in [4.78, 5) is 15.1. The molecule has 1 aromatic carbocycles. The Bertz CT molecular complexity index is 1160. The molecule has 2 aromatic rings. The Labute approximate surface area is 210 Å². The number of aromatic hydroxyl groups is 1. The Morgan fingerprint density at radius 1 is 1.28 bits per heavy atom. The second-order valence-electron chi connectivity index (χ2n) is 7.68. The summed E-state index contributed by atoms with van der Waals surface area (Å²) in [5.74, 6) is -0.573. The molecule has 0 bridgehead atoms. The van der Waals surface area contributed by atoms with E-state index < -0.39 is 39.6 Å². The number of carboxylic acid groups (broad SMARTS) is 1. The number of halogens is 4. The van der Waals surface area contributed by atoms with E-state index in [1.54, 1.807) is 13.8 Å². The van der Waals surface area contributed by atoms with Crippen molar-refractivity contribution >= 4 is 27.9 Å². The molecule has 0 saturated heterocycles. The van der Waals surface area contributed by atoms with E-state index in [0.717, 1.165) is 0 Å². The van der Waals surface area contributed by atoms with Crippen LogP contribution in [0.4, 0.5) is 18.0 Å². The smallest absolute Gasteiger partial charge is 0.422 e. The highest BCUT2D eigenvalue weighted by Gasteiger charge is 2.32. The minimum atomic E-state index is -4.65. The van der Waals surface area contributed by atoms with Crippen LogP contribution in [0.1, 0.15) is 31.4 Å². The first-order valence-electron chi connectivity index (χ1n) is 10.5. The summed E-state index contributed by atoms with van der Waals surface area (Å²) in [6.45, 7) is 3.05. The number of alkyl halides is 3. The summed E-state index contributed by atoms with van der Waals surface area (Å²) in [7, 11) is -4.35. The minimum absolute atomic E-state index is 0.00199. The van der Waals surface area contributed by atoms with Gasteiger partial charge in [-0.3, -0.25) is 0 Å². The molecule has 0 unspecified atom stereocenters. The zero-order valence-corrected chi connectivity index (χ0v) is 20.8. The highest BCUT2D eigenvalue weighted by atomic mass is 35.5. The van der Waals surface area contributed by atoms with Gasteiger partial charge in [0.2, 0.25) is 5.88 Å². The van der Waals surface area contributed by atoms with Crippen molar-refractivity contribution in [3.63, 3.8) is 0 Å². The SMILES string of the molecule is CC(C)OCCNS(=O)(=O)N(CCCc1ccc(O)cc1Oc1ncc(C(F)(F)F)cc1Cl)C(=O)O. The van der Waals surface area contributed by atoms with Crippen LogP contribution in [-0.2, 0) is 27.5 Å². The molecule has 0 spiro atoms. The molecule has 0 saturated carbocycles. The van der Waals surface area contributed by atoms with Gasteiger partial charge in [0.25, 0.3) is 0 Å². The summed E-state index contributed by atoms with van der Waals surface area (Å²) < 4.78 is 76.4. The summed E-state index contributed by atoms with van der Waals surface area (Å²) >= 11 is 5.87. The third-order valence-corrected chi connectivity index (χ3v) is 6.30. The topological polar surface area (TPSA) is 138 Å². The summed E-state index contributed by atoms with van der Waals surface area (Å²) in [5.41, 5.74) is -0.679. The molecule has 0 fully saturated rings. The van der Waals surface area contributed by atoms with E-state index in [4.69, 9.17) is 21.1 Å². The number of ether oxygens (including phenoxy) is 2. The maximum Gasteiger partial charge on any atom is 0.422 e. The molecule has 1 aromatic heterocycles. The molecule has 10 nitrogen and oxygen atoms in total. The lowest BCUT2D eigenvalue weighted by molar-refractivity contribution is -0.137. The van der Waals surface area contributed by atoms with Crippen LogP contribution in [0.3, 0.4) is 0 Å². The van der Waals surface area contributed by atoms with Crippen LogP contribution in [0.25, 0.3) is 0 Å². The second kappa shape index (κ2) is 12.4. The monoisotopic (exact) mass is 555 g/mol. The number of nitrogens with zero attached hydrogens (tertiary/aromatic N) is 2. The van der Waals surface area contributed by atoms with E-state index in [-0.39, 0.29) is 53.8 Å². The van der Waals surface area contributed by atoms with E-state index in [9.17, 15) is 36.6 Å². The molecule has 15 heteroatoms. The van der Waals surface area contributed by atoms with E-state index in [2.05, 4.69) is 9.71 Å². The Morgan fingerprint density at radius 3 is 2.56 bits per heavy atom. The number of hydrogen-bond donors (Lipinski definition) is 3. The molecule has 200 valence electrons. The number of pyridine rings is 1. The fraction of sp³-hybridized carbons (Fsp3) is 0.429. The fourth-order valence-electron chi connectivity index (χ4n) is 2.88. The highest BCUT2D eigenvalue weighted by Crippen LogP contribution is 2.36. The molecule has 1 amide bonds. The molecular weight excluding hydrogens is 531 g/mol. The normalized spacial score (nSPS) is 12.1. The number of aromatic nitrogens is 1. The van der Waals surface area contributed by atoms with E-state index in [1.165, 1.54) is 18.2 Å². The molecule has 36 heavy (non-hydrogen) atoms. The predicted octanol–water partition coefficient (Wildman–Crippen LogP) is 4.42. The molecule has 0 radical (unpaired) electrons. The number of aryl methyl sites for hydroxylation is 1. The highest BCUT2D eigenvalue weighted by molar-refractivity contribution is 7.87. The van der Waals surface area contributed by atoms with Crippen molar-refractivity contribution in [2.45, 2.75) is 39.0 Å². The van der Waals surface area contributed by atoms with Crippen LogP contribution >= 0.6 is 11.6 Å². The third-order valence-electron chi connectivity index (χ3n) is 4.54. The molecule has 0 aliphatic carbocycles. The van der Waals surface area contributed by atoms with E-state index >= 15 is 0 Å². The first kappa shape index (κ1) is 29.4. The minimum Gasteiger partial charge on any atom is -0.508 e.